The number of amides is 1. The van der Waals surface area contributed by atoms with Crippen LogP contribution in [-0.2, 0) is 4.79 Å². The van der Waals surface area contributed by atoms with E-state index in [1.54, 1.807) is 0 Å². The summed E-state index contributed by atoms with van der Waals surface area (Å²) in [6, 6.07) is 0.0888. The Morgan fingerprint density at radius 3 is 2.26 bits per heavy atom. The van der Waals surface area contributed by atoms with Gasteiger partial charge in [-0.05, 0) is 33.7 Å². The number of hydrogen-bond acceptors (Lipinski definition) is 3. The topological polar surface area (TPSA) is 49.6 Å². The average molecular weight is 285 g/mol. The largest absolute Gasteiger partial charge is 0.393 e. The molecule has 0 aromatic carbocycles. The third-order valence-corrected chi connectivity index (χ3v) is 4.24. The second-order valence-corrected chi connectivity index (χ2v) is 6.12. The van der Waals surface area contributed by atoms with E-state index in [-0.39, 0.29) is 18.0 Å². The van der Waals surface area contributed by atoms with Crippen LogP contribution in [0.4, 0.5) is 0 Å². The van der Waals surface area contributed by atoms with Crippen molar-refractivity contribution in [1.82, 2.24) is 9.80 Å². The van der Waals surface area contributed by atoms with Crippen LogP contribution in [0, 0.1) is 0 Å². The second-order valence-electron chi connectivity index (χ2n) is 5.60. The molecule has 110 valence electrons. The van der Waals surface area contributed by atoms with Crippen molar-refractivity contribution in [1.29, 1.82) is 0 Å². The van der Waals surface area contributed by atoms with Crippen molar-refractivity contribution in [3.05, 3.63) is 0 Å². The molecule has 0 aromatic rings. The van der Waals surface area contributed by atoms with Crippen LogP contribution in [0.3, 0.4) is 0 Å². The molecule has 4 nitrogen and oxygen atoms in total. The van der Waals surface area contributed by atoms with E-state index in [1.807, 2.05) is 18.9 Å². The first-order valence-corrected chi connectivity index (χ1v) is 7.63. The molecule has 1 aliphatic heterocycles. The van der Waals surface area contributed by atoms with Gasteiger partial charge in [-0.25, -0.2) is 0 Å². The highest BCUT2D eigenvalue weighted by molar-refractivity contribution is 7.80. The molecule has 19 heavy (non-hydrogen) atoms. The van der Waals surface area contributed by atoms with Gasteiger partial charge in [-0.1, -0.05) is 25.1 Å². The molecule has 1 amide bonds. The highest BCUT2D eigenvalue weighted by atomic mass is 32.1. The van der Waals surface area contributed by atoms with Crippen molar-refractivity contribution in [2.75, 3.05) is 20.1 Å². The van der Waals surface area contributed by atoms with Gasteiger partial charge in [0.25, 0.3) is 0 Å². The van der Waals surface area contributed by atoms with Gasteiger partial charge in [0.15, 0.2) is 0 Å². The first kappa shape index (κ1) is 16.4. The summed E-state index contributed by atoms with van der Waals surface area (Å²) in [6.45, 7) is 5.84. The number of nitrogens with two attached hydrogens (primary N) is 1. The first-order valence-electron chi connectivity index (χ1n) is 7.22. The fourth-order valence-corrected chi connectivity index (χ4v) is 2.79. The molecule has 5 heteroatoms. The van der Waals surface area contributed by atoms with Crippen molar-refractivity contribution in [2.45, 2.75) is 58.0 Å². The molecule has 0 aromatic heterocycles. The summed E-state index contributed by atoms with van der Waals surface area (Å²) in [6.07, 6.45) is 5.40. The molecule has 1 fully saturated rings. The fourth-order valence-electron chi connectivity index (χ4n) is 2.55. The Morgan fingerprint density at radius 1 is 1.26 bits per heavy atom. The fraction of sp³-hybridized carbons (Fsp3) is 0.857. The maximum Gasteiger partial charge on any atom is 0.239 e. The molecule has 2 N–H and O–H groups in total. The van der Waals surface area contributed by atoms with E-state index in [2.05, 4.69) is 11.8 Å². The van der Waals surface area contributed by atoms with Crippen LogP contribution in [0.15, 0.2) is 0 Å². The van der Waals surface area contributed by atoms with Gasteiger partial charge in [0, 0.05) is 25.6 Å². The van der Waals surface area contributed by atoms with Crippen LogP contribution >= 0.6 is 12.2 Å². The van der Waals surface area contributed by atoms with Crippen molar-refractivity contribution in [2.24, 2.45) is 5.73 Å². The van der Waals surface area contributed by atoms with E-state index in [4.69, 9.17) is 18.0 Å². The van der Waals surface area contributed by atoms with Crippen molar-refractivity contribution in [3.8, 4) is 0 Å². The van der Waals surface area contributed by atoms with E-state index in [0.717, 1.165) is 25.9 Å². The van der Waals surface area contributed by atoms with E-state index in [9.17, 15) is 4.79 Å². The van der Waals surface area contributed by atoms with Gasteiger partial charge in [-0.2, -0.15) is 0 Å². The zero-order valence-corrected chi connectivity index (χ0v) is 13.2. The van der Waals surface area contributed by atoms with Gasteiger partial charge >= 0.3 is 0 Å². The van der Waals surface area contributed by atoms with Gasteiger partial charge in [-0.15, -0.1) is 0 Å². The molecule has 0 radical (unpaired) electrons. The number of carbonyl (C=O) groups is 1. The Balaban J connectivity index is 2.56. The van der Waals surface area contributed by atoms with Gasteiger partial charge in [-0.3, -0.25) is 9.69 Å². The molecule has 1 aliphatic rings. The summed E-state index contributed by atoms with van der Waals surface area (Å²) in [7, 11) is 1.98. The Bertz CT molecular complexity index is 314. The number of nitrogens with zero attached hydrogens (tertiary/aromatic N) is 2. The molecule has 0 aliphatic carbocycles. The van der Waals surface area contributed by atoms with Crippen LogP contribution < -0.4 is 5.73 Å². The van der Waals surface area contributed by atoms with Crippen LogP contribution in [-0.4, -0.2) is 52.9 Å². The van der Waals surface area contributed by atoms with Gasteiger partial charge in [0.1, 0.15) is 0 Å². The number of thiocarbonyl (C=S) groups is 1. The van der Waals surface area contributed by atoms with Crippen molar-refractivity contribution >= 4 is 23.1 Å². The lowest BCUT2D eigenvalue weighted by molar-refractivity contribution is -0.136. The third kappa shape index (κ3) is 5.07. The predicted octanol–water partition coefficient (Wildman–Crippen LogP) is 1.77. The quantitative estimate of drug-likeness (QED) is 0.782. The summed E-state index contributed by atoms with van der Waals surface area (Å²) in [5, 5.41) is 0. The Hall–Kier alpha value is -0.680. The molecule has 0 spiro atoms. The summed E-state index contributed by atoms with van der Waals surface area (Å²) in [4.78, 5) is 17.1. The Morgan fingerprint density at radius 2 is 1.79 bits per heavy atom. The average Bonchev–Trinajstić information content (AvgIpc) is 2.64. The second kappa shape index (κ2) is 7.80. The highest BCUT2D eigenvalue weighted by Crippen LogP contribution is 2.14. The summed E-state index contributed by atoms with van der Waals surface area (Å²) in [5.41, 5.74) is 5.58. The number of hydrogen-bond donors (Lipinski definition) is 1. The lowest BCUT2D eigenvalue weighted by Crippen LogP contribution is -2.49. The molecule has 2 unspecified atom stereocenters. The zero-order chi connectivity index (χ0) is 14.4. The molecular formula is C14H27N3OS. The third-order valence-electron chi connectivity index (χ3n) is 4.08. The van der Waals surface area contributed by atoms with Crippen LogP contribution in [0.25, 0.3) is 0 Å². The van der Waals surface area contributed by atoms with Crippen LogP contribution in [0.2, 0.25) is 0 Å². The monoisotopic (exact) mass is 285 g/mol. The standard InChI is InChI=1S/C14H27N3OS/c1-11(10-13(15)19)16(3)12(2)14(18)17-8-6-4-5-7-9-17/h11-12H,4-10H2,1-3H3,(H2,15,19). The molecule has 1 saturated heterocycles. The van der Waals surface area contributed by atoms with E-state index >= 15 is 0 Å². The van der Waals surface area contributed by atoms with E-state index < -0.39 is 0 Å². The van der Waals surface area contributed by atoms with Crippen molar-refractivity contribution in [3.63, 3.8) is 0 Å². The van der Waals surface area contributed by atoms with Crippen LogP contribution in [0.1, 0.15) is 46.0 Å². The molecule has 0 bridgehead atoms. The minimum Gasteiger partial charge on any atom is -0.393 e. The molecule has 2 atom stereocenters. The molecular weight excluding hydrogens is 258 g/mol. The Kier molecular flexibility index (Phi) is 6.72. The number of rotatable bonds is 5. The SMILES string of the molecule is CC(CC(N)=S)N(C)C(C)C(=O)N1CCCCCC1. The number of likely N-dealkylation sites (N-methyl/N-ethyl adjacent to an activating group) is 1. The summed E-state index contributed by atoms with van der Waals surface area (Å²) < 4.78 is 0. The predicted molar refractivity (Wildman–Crippen MR) is 83.1 cm³/mol. The maximum absolute atomic E-state index is 12.5. The lowest BCUT2D eigenvalue weighted by atomic mass is 10.1. The van der Waals surface area contributed by atoms with Gasteiger partial charge in [0.2, 0.25) is 5.91 Å². The highest BCUT2D eigenvalue weighted by Gasteiger charge is 2.27. The smallest absolute Gasteiger partial charge is 0.239 e. The van der Waals surface area contributed by atoms with Crippen LogP contribution in [0.5, 0.6) is 0 Å². The number of likely N-dealkylation sites (tertiary alicyclic amines) is 1. The minimum atomic E-state index is -0.109. The molecule has 1 rings (SSSR count). The lowest BCUT2D eigenvalue weighted by Gasteiger charge is -2.33. The molecule has 0 saturated carbocycles. The maximum atomic E-state index is 12.5. The normalized spacial score (nSPS) is 19.9. The number of carbonyl (C=O) groups excluding carboxylic acids is 1. The minimum absolute atomic E-state index is 0.109. The molecule has 1 heterocycles. The van der Waals surface area contributed by atoms with E-state index in [0.29, 0.717) is 11.4 Å². The van der Waals surface area contributed by atoms with Gasteiger partial charge < -0.3 is 10.6 Å². The summed E-state index contributed by atoms with van der Waals surface area (Å²) >= 11 is 4.94. The van der Waals surface area contributed by atoms with Gasteiger partial charge in [0.05, 0.1) is 11.0 Å². The first-order chi connectivity index (χ1) is 8.93. The van der Waals surface area contributed by atoms with Crippen molar-refractivity contribution < 1.29 is 4.79 Å². The zero-order valence-electron chi connectivity index (χ0n) is 12.4. The van der Waals surface area contributed by atoms with E-state index in [1.165, 1.54) is 12.8 Å². The summed E-state index contributed by atoms with van der Waals surface area (Å²) in [5.74, 6) is 0.235. The Labute approximate surface area is 122 Å².